The second-order valence-corrected chi connectivity index (χ2v) is 7.34. The van der Waals surface area contributed by atoms with Crippen LogP contribution >= 0.6 is 11.6 Å². The first-order valence-corrected chi connectivity index (χ1v) is 9.93. The fourth-order valence-corrected chi connectivity index (χ4v) is 2.85. The van der Waals surface area contributed by atoms with Gasteiger partial charge >= 0.3 is 23.9 Å². The Morgan fingerprint density at radius 2 is 1.40 bits per heavy atom. The number of carbonyl (C=O) groups excluding carboxylic acids is 2. The van der Waals surface area contributed by atoms with Crippen molar-refractivity contribution in [2.45, 2.75) is 18.9 Å². The van der Waals surface area contributed by atoms with Gasteiger partial charge in [-0.3, -0.25) is 9.59 Å². The number of rotatable bonds is 1. The number of hydrogen-bond acceptors (Lipinski definition) is 7. The lowest BCUT2D eigenvalue weighted by molar-refractivity contribution is -0.193. The zero-order valence-corrected chi connectivity index (χ0v) is 18.0. The lowest BCUT2D eigenvalue weighted by atomic mass is 10.2. The van der Waals surface area contributed by atoms with Gasteiger partial charge in [-0.25, -0.2) is 4.98 Å². The molecular formula is C21H14ClF6N5O2. The third kappa shape index (κ3) is 7.06. The fraction of sp³-hybridized carbons (Fsp3) is 0.143. The highest BCUT2D eigenvalue weighted by atomic mass is 35.5. The van der Waals surface area contributed by atoms with Gasteiger partial charge in [-0.1, -0.05) is 29.8 Å². The Labute approximate surface area is 198 Å². The first-order chi connectivity index (χ1) is 16.3. The molecule has 2 heterocycles. The van der Waals surface area contributed by atoms with Crippen molar-refractivity contribution in [3.8, 4) is 0 Å². The maximum absolute atomic E-state index is 11.2. The quantitative estimate of drug-likeness (QED) is 0.278. The molecule has 35 heavy (non-hydrogen) atoms. The highest BCUT2D eigenvalue weighted by Gasteiger charge is 2.54. The first kappa shape index (κ1) is 25.7. The van der Waals surface area contributed by atoms with Gasteiger partial charge < -0.3 is 16.0 Å². The highest BCUT2D eigenvalue weighted by Crippen LogP contribution is 2.27. The number of aromatic nitrogens is 2. The number of Topliss-reactive ketones (excluding diaryl/α,β-unsaturated/α-hetero) is 2. The Hall–Kier alpha value is -3.87. The summed E-state index contributed by atoms with van der Waals surface area (Å²) < 4.78 is 67.0. The average Bonchev–Trinajstić information content (AvgIpc) is 2.78. The number of benzene rings is 2. The summed E-state index contributed by atoms with van der Waals surface area (Å²) in [5.74, 6) is -5.75. The second-order valence-electron chi connectivity index (χ2n) is 6.93. The Balaban J connectivity index is 0.000000245. The summed E-state index contributed by atoms with van der Waals surface area (Å²) in [6.45, 7) is 0.734. The van der Waals surface area contributed by atoms with Crippen LogP contribution in [0.3, 0.4) is 0 Å². The van der Waals surface area contributed by atoms with Crippen LogP contribution in [0.15, 0.2) is 54.7 Å². The molecule has 0 atom stereocenters. The molecule has 0 radical (unpaired) electrons. The number of fused-ring (bicyclic) bond motifs is 6. The van der Waals surface area contributed by atoms with Crippen LogP contribution in [-0.2, 0) is 16.1 Å². The molecule has 3 aromatic rings. The number of carbonyl (C=O) groups is 2. The van der Waals surface area contributed by atoms with E-state index in [2.05, 4.69) is 38.1 Å². The van der Waals surface area contributed by atoms with E-state index in [0.717, 1.165) is 23.6 Å². The van der Waals surface area contributed by atoms with Crippen molar-refractivity contribution < 1.29 is 35.9 Å². The van der Waals surface area contributed by atoms with E-state index in [1.807, 2.05) is 36.4 Å². The summed E-state index contributed by atoms with van der Waals surface area (Å²) in [5.41, 5.74) is 4.04. The number of nitrogens with zero attached hydrogens (tertiary/aromatic N) is 2. The predicted octanol–water partition coefficient (Wildman–Crippen LogP) is 5.79. The number of nitrogens with one attached hydrogen (secondary N) is 3. The average molecular weight is 518 g/mol. The number of alkyl halides is 6. The molecule has 0 unspecified atom stereocenters. The van der Waals surface area contributed by atoms with Crippen molar-refractivity contribution in [3.05, 3.63) is 65.3 Å². The van der Waals surface area contributed by atoms with Crippen LogP contribution in [-0.4, -0.2) is 33.9 Å². The van der Waals surface area contributed by atoms with Crippen LogP contribution in [0.25, 0.3) is 0 Å². The van der Waals surface area contributed by atoms with E-state index in [0.29, 0.717) is 16.8 Å². The minimum atomic E-state index is -5.77. The number of hydrogen-bond donors (Lipinski definition) is 3. The molecule has 1 aliphatic rings. The molecule has 7 nitrogen and oxygen atoms in total. The predicted molar refractivity (Wildman–Crippen MR) is 116 cm³/mol. The minimum Gasteiger partial charge on any atom is -0.381 e. The molecule has 0 spiro atoms. The lowest BCUT2D eigenvalue weighted by Gasteiger charge is -2.10. The monoisotopic (exact) mass is 517 g/mol. The highest BCUT2D eigenvalue weighted by molar-refractivity contribution is 6.41. The van der Waals surface area contributed by atoms with Crippen molar-refractivity contribution >= 4 is 52.0 Å². The summed E-state index contributed by atoms with van der Waals surface area (Å²) in [5, 5.41) is 10.3. The van der Waals surface area contributed by atoms with Gasteiger partial charge in [-0.05, 0) is 35.9 Å². The zero-order valence-electron chi connectivity index (χ0n) is 17.3. The lowest BCUT2D eigenvalue weighted by Crippen LogP contribution is -2.39. The van der Waals surface area contributed by atoms with Crippen LogP contribution in [0, 0.1) is 0 Å². The molecule has 184 valence electrons. The van der Waals surface area contributed by atoms with Crippen molar-refractivity contribution in [3.63, 3.8) is 0 Å². The standard InChI is InChI=1S/C17H14ClN5.C4F6O2/c18-15-10-20-17-22-13-5-1-3-11(7-13)9-19-12-4-2-6-14(8-12)21-16(15)23-17;5-3(6,7)1(11)2(12)4(8,9)10/h1-8,10,19H,9H2,(H2,20,21,22,23);. The SMILES string of the molecule is Clc1cnc2nc1Nc1cccc(c1)NCc1cccc(c1)N2.O=C(C(=O)C(F)(F)F)C(F)(F)F. The Bertz CT molecular complexity index is 1230. The van der Waals surface area contributed by atoms with E-state index in [1.165, 1.54) is 5.56 Å². The topological polar surface area (TPSA) is 96.0 Å². The van der Waals surface area contributed by atoms with Gasteiger partial charge in [-0.15, -0.1) is 0 Å². The Morgan fingerprint density at radius 3 is 2.03 bits per heavy atom. The second kappa shape index (κ2) is 10.2. The molecule has 0 fully saturated rings. The summed E-state index contributed by atoms with van der Waals surface area (Å²) in [6, 6.07) is 16.1. The van der Waals surface area contributed by atoms with Crippen LogP contribution in [0.2, 0.25) is 5.02 Å². The molecule has 1 aliphatic heterocycles. The van der Waals surface area contributed by atoms with Crippen LogP contribution in [0.5, 0.6) is 0 Å². The number of ketones is 2. The van der Waals surface area contributed by atoms with E-state index >= 15 is 0 Å². The smallest absolute Gasteiger partial charge is 0.381 e. The molecule has 0 saturated heterocycles. The molecule has 14 heteroatoms. The van der Waals surface area contributed by atoms with E-state index < -0.39 is 23.9 Å². The summed E-state index contributed by atoms with van der Waals surface area (Å²) in [4.78, 5) is 27.9. The van der Waals surface area contributed by atoms with Gasteiger partial charge in [0.15, 0.2) is 5.82 Å². The molecule has 3 N–H and O–H groups in total. The van der Waals surface area contributed by atoms with Crippen molar-refractivity contribution in [2.75, 3.05) is 16.0 Å². The van der Waals surface area contributed by atoms with Gasteiger partial charge in [0.2, 0.25) is 5.95 Å². The molecule has 4 rings (SSSR count). The number of halogens is 7. The van der Waals surface area contributed by atoms with Crippen molar-refractivity contribution in [1.82, 2.24) is 9.97 Å². The molecule has 0 amide bonds. The molecule has 0 saturated carbocycles. The summed E-state index contributed by atoms with van der Waals surface area (Å²) in [7, 11) is 0. The minimum absolute atomic E-state index is 0.470. The molecular weight excluding hydrogens is 504 g/mol. The fourth-order valence-electron chi connectivity index (χ4n) is 2.71. The molecule has 1 aromatic heterocycles. The molecule has 0 aliphatic carbocycles. The third-order valence-electron chi connectivity index (χ3n) is 4.27. The first-order valence-electron chi connectivity index (χ1n) is 9.55. The van der Waals surface area contributed by atoms with E-state index in [9.17, 15) is 35.9 Å². The molecule has 6 bridgehead atoms. The summed E-state index contributed by atoms with van der Waals surface area (Å²) >= 11 is 6.20. The largest absolute Gasteiger partial charge is 0.458 e. The maximum Gasteiger partial charge on any atom is 0.458 e. The van der Waals surface area contributed by atoms with Crippen LogP contribution < -0.4 is 16.0 Å². The van der Waals surface area contributed by atoms with Crippen LogP contribution in [0.4, 0.5) is 55.2 Å². The van der Waals surface area contributed by atoms with Gasteiger partial charge in [0.25, 0.3) is 0 Å². The zero-order chi connectivity index (χ0) is 25.8. The summed E-state index contributed by atoms with van der Waals surface area (Å²) in [6.07, 6.45) is -9.95. The molecule has 2 aromatic carbocycles. The normalized spacial score (nSPS) is 12.7. The third-order valence-corrected chi connectivity index (χ3v) is 4.55. The Morgan fingerprint density at radius 1 is 0.829 bits per heavy atom. The van der Waals surface area contributed by atoms with Crippen LogP contribution in [0.1, 0.15) is 5.56 Å². The van der Waals surface area contributed by atoms with Crippen molar-refractivity contribution in [2.24, 2.45) is 0 Å². The van der Waals surface area contributed by atoms with E-state index in [-0.39, 0.29) is 0 Å². The van der Waals surface area contributed by atoms with Gasteiger partial charge in [0.05, 0.1) is 6.20 Å². The number of anilines is 5. The van der Waals surface area contributed by atoms with Gasteiger partial charge in [0, 0.05) is 23.6 Å². The van der Waals surface area contributed by atoms with Crippen molar-refractivity contribution in [1.29, 1.82) is 0 Å². The van der Waals surface area contributed by atoms with E-state index in [4.69, 9.17) is 11.6 Å². The maximum atomic E-state index is 11.2. The van der Waals surface area contributed by atoms with Gasteiger partial charge in [0.1, 0.15) is 5.02 Å². The van der Waals surface area contributed by atoms with E-state index in [1.54, 1.807) is 6.20 Å². The Kier molecular flexibility index (Phi) is 7.48. The van der Waals surface area contributed by atoms with Gasteiger partial charge in [-0.2, -0.15) is 31.3 Å².